The smallest absolute Gasteiger partial charge is 0.408 e. The van der Waals surface area contributed by atoms with Crippen molar-refractivity contribution >= 4 is 29.8 Å². The molecular weight excluding hydrogens is 538 g/mol. The number of hydrogen-bond donors (Lipinski definition) is 4. The zero-order valence-corrected chi connectivity index (χ0v) is 26.2. The molecule has 0 radical (unpaired) electrons. The highest BCUT2D eigenvalue weighted by Gasteiger charge is 2.40. The van der Waals surface area contributed by atoms with Gasteiger partial charge in [-0.15, -0.1) is 0 Å². The van der Waals surface area contributed by atoms with Gasteiger partial charge in [0.15, 0.2) is 6.10 Å². The van der Waals surface area contributed by atoms with Crippen LogP contribution in [0.15, 0.2) is 0 Å². The number of aliphatic hydroxyl groups is 2. The Morgan fingerprint density at radius 1 is 0.976 bits per heavy atom. The molecule has 3 amide bonds. The van der Waals surface area contributed by atoms with E-state index >= 15 is 0 Å². The highest BCUT2D eigenvalue weighted by molar-refractivity contribution is 5.92. The maximum atomic E-state index is 13.4. The lowest BCUT2D eigenvalue weighted by Crippen LogP contribution is -2.57. The van der Waals surface area contributed by atoms with E-state index in [1.807, 2.05) is 13.8 Å². The molecule has 0 saturated carbocycles. The first kappa shape index (κ1) is 38.1. The number of nitrogens with one attached hydrogen (secondary N) is 2. The van der Waals surface area contributed by atoms with E-state index < -0.39 is 65.3 Å². The van der Waals surface area contributed by atoms with Gasteiger partial charge in [-0.25, -0.2) is 9.59 Å². The highest BCUT2D eigenvalue weighted by atomic mass is 16.6. The minimum Gasteiger partial charge on any atom is -0.469 e. The van der Waals surface area contributed by atoms with Gasteiger partial charge in [0.25, 0.3) is 0 Å². The third kappa shape index (κ3) is 16.2. The predicted molar refractivity (Wildman–Crippen MR) is 151 cm³/mol. The fourth-order valence-electron chi connectivity index (χ4n) is 3.91. The van der Waals surface area contributed by atoms with Crippen molar-refractivity contribution in [1.29, 1.82) is 0 Å². The molecule has 4 atom stereocenters. The Morgan fingerprint density at radius 2 is 1.54 bits per heavy atom. The zero-order chi connectivity index (χ0) is 32.1. The Labute approximate surface area is 243 Å². The van der Waals surface area contributed by atoms with Crippen molar-refractivity contribution in [3.8, 4) is 0 Å². The van der Waals surface area contributed by atoms with Gasteiger partial charge in [0, 0.05) is 13.0 Å². The van der Waals surface area contributed by atoms with Crippen molar-refractivity contribution in [2.75, 3.05) is 20.8 Å². The molecule has 2 unspecified atom stereocenters. The number of amides is 3. The number of carbonyl (C=O) groups excluding carboxylic acids is 5. The molecule has 13 heteroatoms. The van der Waals surface area contributed by atoms with Crippen molar-refractivity contribution in [2.45, 2.75) is 123 Å². The van der Waals surface area contributed by atoms with Gasteiger partial charge in [0.1, 0.15) is 17.7 Å². The summed E-state index contributed by atoms with van der Waals surface area (Å²) in [5.74, 6) is -2.45. The maximum Gasteiger partial charge on any atom is 0.408 e. The topological polar surface area (TPSA) is 181 Å². The van der Waals surface area contributed by atoms with E-state index in [1.165, 1.54) is 12.0 Å². The summed E-state index contributed by atoms with van der Waals surface area (Å²) in [5, 5.41) is 24.1. The molecule has 0 bridgehead atoms. The SMILES string of the molecule is CC(C)(C)O.COC(=O)CC[C@H](NC(=O)OC(C)(C)C)C(=O)N1CCCC1C(=O)N[C@@H](CC(C)C)C(O)C(=O)OC. The first-order chi connectivity index (χ1) is 18.7. The number of rotatable bonds is 11. The Morgan fingerprint density at radius 3 is 2.00 bits per heavy atom. The Hall–Kier alpha value is -2.93. The van der Waals surface area contributed by atoms with Crippen LogP contribution >= 0.6 is 0 Å². The number of esters is 2. The van der Waals surface area contributed by atoms with Crippen molar-refractivity contribution in [3.05, 3.63) is 0 Å². The summed E-state index contributed by atoms with van der Waals surface area (Å²) in [6.07, 6.45) is -1.37. The van der Waals surface area contributed by atoms with E-state index in [-0.39, 0.29) is 25.3 Å². The molecule has 4 N–H and O–H groups in total. The average Bonchev–Trinajstić information content (AvgIpc) is 3.32. The van der Waals surface area contributed by atoms with Gasteiger partial charge in [0.05, 0.1) is 25.9 Å². The van der Waals surface area contributed by atoms with E-state index in [2.05, 4.69) is 20.1 Å². The highest BCUT2D eigenvalue weighted by Crippen LogP contribution is 2.21. The van der Waals surface area contributed by atoms with Crippen molar-refractivity contribution in [3.63, 3.8) is 0 Å². The number of hydrogen-bond acceptors (Lipinski definition) is 10. The summed E-state index contributed by atoms with van der Waals surface area (Å²) in [4.78, 5) is 63.8. The van der Waals surface area contributed by atoms with Gasteiger partial charge in [-0.2, -0.15) is 0 Å². The second-order valence-electron chi connectivity index (χ2n) is 12.4. The fourth-order valence-corrected chi connectivity index (χ4v) is 3.91. The molecule has 1 aliphatic rings. The van der Waals surface area contributed by atoms with Gasteiger partial charge >= 0.3 is 18.0 Å². The van der Waals surface area contributed by atoms with Crippen LogP contribution in [-0.2, 0) is 33.4 Å². The second-order valence-corrected chi connectivity index (χ2v) is 12.4. The van der Waals surface area contributed by atoms with Crippen molar-refractivity contribution in [2.24, 2.45) is 5.92 Å². The van der Waals surface area contributed by atoms with Gasteiger partial charge in [-0.3, -0.25) is 14.4 Å². The van der Waals surface area contributed by atoms with Crippen molar-refractivity contribution in [1.82, 2.24) is 15.5 Å². The monoisotopic (exact) mass is 589 g/mol. The van der Waals surface area contributed by atoms with E-state index in [0.717, 1.165) is 7.11 Å². The number of likely N-dealkylation sites (tertiary alicyclic amines) is 1. The standard InChI is InChI=1S/C24H41N3O9.C4H10O/c1-14(2)13-16(19(29)22(32)35-7)25-20(30)17-9-8-12-27(17)21(31)15(10-11-18(28)34-6)26-23(33)36-24(3,4)5;1-4(2,3)5/h14-17,19,29H,8-13H2,1-7H3,(H,25,30)(H,26,33);5H,1-3H3/t15-,16-,17?,19?;/m0./s1. The molecule has 41 heavy (non-hydrogen) atoms. The summed E-state index contributed by atoms with van der Waals surface area (Å²) in [6.45, 7) is 14.3. The summed E-state index contributed by atoms with van der Waals surface area (Å²) in [5.41, 5.74) is -1.30. The van der Waals surface area contributed by atoms with Crippen LogP contribution in [0.1, 0.15) is 87.5 Å². The lowest BCUT2D eigenvalue weighted by atomic mass is 9.98. The van der Waals surface area contributed by atoms with Gasteiger partial charge in [-0.05, 0) is 73.1 Å². The number of carbonyl (C=O) groups is 5. The third-order valence-electron chi connectivity index (χ3n) is 5.57. The van der Waals surface area contributed by atoms with Crippen molar-refractivity contribution < 1.29 is 48.4 Å². The summed E-state index contributed by atoms with van der Waals surface area (Å²) in [7, 11) is 2.36. The van der Waals surface area contributed by atoms with Crippen LogP contribution in [0.5, 0.6) is 0 Å². The van der Waals surface area contributed by atoms with Gasteiger partial charge < -0.3 is 40.0 Å². The lowest BCUT2D eigenvalue weighted by molar-refractivity contribution is -0.153. The van der Waals surface area contributed by atoms with Gasteiger partial charge in [-0.1, -0.05) is 13.8 Å². The van der Waals surface area contributed by atoms with Crippen LogP contribution in [0.4, 0.5) is 4.79 Å². The van der Waals surface area contributed by atoms with E-state index in [9.17, 15) is 29.1 Å². The molecule has 0 spiro atoms. The Balaban J connectivity index is 0.00000292. The summed E-state index contributed by atoms with van der Waals surface area (Å²) in [6, 6.07) is -2.91. The average molecular weight is 590 g/mol. The van der Waals surface area contributed by atoms with Crippen LogP contribution in [-0.4, -0.2) is 101 Å². The number of ether oxygens (including phenoxy) is 3. The Kier molecular flexibility index (Phi) is 15.9. The molecule has 13 nitrogen and oxygen atoms in total. The first-order valence-electron chi connectivity index (χ1n) is 13.9. The number of alkyl carbamates (subject to hydrolysis) is 1. The third-order valence-corrected chi connectivity index (χ3v) is 5.57. The molecule has 1 fully saturated rings. The van der Waals surface area contributed by atoms with Gasteiger partial charge in [0.2, 0.25) is 11.8 Å². The molecule has 0 aromatic heterocycles. The number of aliphatic hydroxyl groups excluding tert-OH is 1. The lowest BCUT2D eigenvalue weighted by Gasteiger charge is -2.31. The molecule has 0 aromatic carbocycles. The van der Waals surface area contributed by atoms with E-state index in [4.69, 9.17) is 9.84 Å². The molecular formula is C28H51N3O10. The number of methoxy groups -OCH3 is 2. The molecule has 1 saturated heterocycles. The van der Waals surface area contributed by atoms with Crippen LogP contribution in [0, 0.1) is 5.92 Å². The zero-order valence-electron chi connectivity index (χ0n) is 26.2. The largest absolute Gasteiger partial charge is 0.469 e. The molecule has 1 aliphatic heterocycles. The quantitative estimate of drug-likeness (QED) is 0.204. The minimum absolute atomic E-state index is 0.0490. The van der Waals surface area contributed by atoms with E-state index in [1.54, 1.807) is 41.5 Å². The normalized spacial score (nSPS) is 17.4. The second kappa shape index (κ2) is 17.1. The van der Waals surface area contributed by atoms with Crippen LogP contribution < -0.4 is 10.6 Å². The summed E-state index contributed by atoms with van der Waals surface area (Å²) >= 11 is 0. The molecule has 0 aliphatic carbocycles. The maximum absolute atomic E-state index is 13.4. The molecule has 1 rings (SSSR count). The van der Waals surface area contributed by atoms with Crippen LogP contribution in [0.3, 0.4) is 0 Å². The minimum atomic E-state index is -1.56. The number of nitrogens with zero attached hydrogens (tertiary/aromatic N) is 1. The van der Waals surface area contributed by atoms with E-state index in [0.29, 0.717) is 19.3 Å². The predicted octanol–water partition coefficient (Wildman–Crippen LogP) is 1.67. The Bertz CT molecular complexity index is 873. The fraction of sp³-hybridized carbons (Fsp3) is 0.821. The molecule has 238 valence electrons. The molecule has 1 heterocycles. The summed E-state index contributed by atoms with van der Waals surface area (Å²) < 4.78 is 14.5. The van der Waals surface area contributed by atoms with Crippen LogP contribution in [0.2, 0.25) is 0 Å². The van der Waals surface area contributed by atoms with Crippen LogP contribution in [0.25, 0.3) is 0 Å². The molecule has 0 aromatic rings. The first-order valence-corrected chi connectivity index (χ1v) is 13.9.